The largest absolute Gasteiger partial charge is 0.444 e. The summed E-state index contributed by atoms with van der Waals surface area (Å²) in [6.45, 7) is 11.2. The lowest BCUT2D eigenvalue weighted by atomic mass is 10.00. The number of thiophene rings is 3. The topological polar surface area (TPSA) is 230 Å². The van der Waals surface area contributed by atoms with Crippen LogP contribution in [0.2, 0.25) is 0 Å². The van der Waals surface area contributed by atoms with Gasteiger partial charge in [-0.1, -0.05) is 18.2 Å². The average molecular weight is 1040 g/mol. The zero-order valence-electron chi connectivity index (χ0n) is 40.8. The minimum Gasteiger partial charge on any atom is -0.444 e. The molecule has 12 heterocycles. The van der Waals surface area contributed by atoms with Gasteiger partial charge in [0.15, 0.2) is 17.5 Å². The Balaban J connectivity index is 0.000000127. The highest BCUT2D eigenvalue weighted by atomic mass is 32.1. The van der Waals surface area contributed by atoms with E-state index in [0.29, 0.717) is 79.5 Å². The first kappa shape index (κ1) is 49.7. The van der Waals surface area contributed by atoms with E-state index in [-0.39, 0.29) is 22.8 Å². The first-order valence-electron chi connectivity index (χ1n) is 24.6. The summed E-state index contributed by atoms with van der Waals surface area (Å²) in [6, 6.07) is 16.7. The van der Waals surface area contributed by atoms with E-state index < -0.39 is 5.60 Å². The van der Waals surface area contributed by atoms with Crippen molar-refractivity contribution < 1.29 is 9.53 Å². The summed E-state index contributed by atoms with van der Waals surface area (Å²) in [6.07, 6.45) is 10.8. The van der Waals surface area contributed by atoms with Crippen molar-refractivity contribution in [3.8, 4) is 34.6 Å². The Hall–Kier alpha value is -6.84. The van der Waals surface area contributed by atoms with E-state index in [9.17, 15) is 19.2 Å². The standard InChI is InChI=1S/C21H24N4O3S.2C16H16N4OS/c1-21(2,3)28-20(27)25-9-7-13(11-25)10-14-12-29-17-16(14)23-18(24-19(17)26)15-6-4-5-8-22-15;2*21-16-14-13(11(9-22-14)7-10-4-6-17-8-10)19-15(20-16)12-3-1-2-5-18-12/h4-6,8,12-13H,7,9-11H2,1-3H3,(H,23,24,26);2*1-3,5,9-10,17H,4,6-8H2,(H,19,20,21). The molecule has 5 N–H and O–H groups in total. The van der Waals surface area contributed by atoms with E-state index in [4.69, 9.17) is 9.72 Å². The number of ether oxygens (including phenoxy) is 1. The summed E-state index contributed by atoms with van der Waals surface area (Å²) >= 11 is 4.37. The molecular weight excluding hydrogens is 981 g/mol. The molecule has 9 aromatic heterocycles. The predicted octanol–water partition coefficient (Wildman–Crippen LogP) is 8.24. The molecule has 0 aliphatic carbocycles. The number of H-pyrrole nitrogens is 3. The summed E-state index contributed by atoms with van der Waals surface area (Å²) in [7, 11) is 0. The molecule has 9 aromatic rings. The number of carbonyl (C=O) groups is 1. The van der Waals surface area contributed by atoms with E-state index in [2.05, 4.69) is 61.3 Å². The second kappa shape index (κ2) is 22.1. The van der Waals surface area contributed by atoms with Crippen LogP contribution in [0.3, 0.4) is 0 Å². The normalized spacial score (nSPS) is 17.7. The third kappa shape index (κ3) is 11.8. The first-order valence-corrected chi connectivity index (χ1v) is 27.2. The number of carbonyl (C=O) groups excluding carboxylic acids is 1. The summed E-state index contributed by atoms with van der Waals surface area (Å²) < 4.78 is 7.52. The molecule has 17 nitrogen and oxygen atoms in total. The number of amides is 1. The Morgan fingerprint density at radius 2 is 0.986 bits per heavy atom. The monoisotopic (exact) mass is 1040 g/mol. The van der Waals surface area contributed by atoms with E-state index in [1.807, 2.05) is 80.7 Å². The third-order valence-corrected chi connectivity index (χ3v) is 16.1. The molecule has 12 rings (SSSR count). The van der Waals surface area contributed by atoms with Crippen molar-refractivity contribution in [3.05, 3.63) is 137 Å². The van der Waals surface area contributed by atoms with Gasteiger partial charge < -0.3 is 35.2 Å². The summed E-state index contributed by atoms with van der Waals surface area (Å²) in [5.74, 6) is 3.16. The highest BCUT2D eigenvalue weighted by Crippen LogP contribution is 2.31. The molecule has 3 unspecified atom stereocenters. The smallest absolute Gasteiger partial charge is 0.410 e. The maximum atomic E-state index is 12.5. The highest BCUT2D eigenvalue weighted by Gasteiger charge is 2.31. The molecule has 0 bridgehead atoms. The molecule has 0 spiro atoms. The van der Waals surface area contributed by atoms with Crippen molar-refractivity contribution in [2.24, 2.45) is 17.8 Å². The number of rotatable bonds is 9. The van der Waals surface area contributed by atoms with Crippen LogP contribution in [-0.2, 0) is 24.0 Å². The molecule has 3 atom stereocenters. The van der Waals surface area contributed by atoms with Crippen LogP contribution in [0, 0.1) is 17.8 Å². The van der Waals surface area contributed by atoms with Crippen molar-refractivity contribution in [1.82, 2.24) is 60.4 Å². The van der Waals surface area contributed by atoms with E-state index in [1.54, 1.807) is 23.5 Å². The maximum absolute atomic E-state index is 12.5. The van der Waals surface area contributed by atoms with Gasteiger partial charge in [-0.2, -0.15) is 0 Å². The fourth-order valence-electron chi connectivity index (χ4n) is 9.43. The van der Waals surface area contributed by atoms with Crippen LogP contribution in [0.5, 0.6) is 0 Å². The summed E-state index contributed by atoms with van der Waals surface area (Å²) in [5.41, 5.74) is 7.04. The lowest BCUT2D eigenvalue weighted by Crippen LogP contribution is -2.35. The number of nitrogens with one attached hydrogen (secondary N) is 5. The van der Waals surface area contributed by atoms with Crippen molar-refractivity contribution in [1.29, 1.82) is 0 Å². The van der Waals surface area contributed by atoms with E-state index in [0.717, 1.165) is 74.0 Å². The number of pyridine rings is 3. The lowest BCUT2D eigenvalue weighted by molar-refractivity contribution is 0.0288. The minimum absolute atomic E-state index is 0.0774. The Morgan fingerprint density at radius 3 is 1.33 bits per heavy atom. The Kier molecular flexibility index (Phi) is 15.1. The second-order valence-electron chi connectivity index (χ2n) is 19.6. The zero-order chi connectivity index (χ0) is 50.5. The van der Waals surface area contributed by atoms with Gasteiger partial charge in [0.25, 0.3) is 16.7 Å². The van der Waals surface area contributed by atoms with Gasteiger partial charge in [0.2, 0.25) is 0 Å². The fourth-order valence-corrected chi connectivity index (χ4v) is 12.2. The van der Waals surface area contributed by atoms with Crippen LogP contribution in [0.1, 0.15) is 56.7 Å². The molecule has 0 saturated carbocycles. The summed E-state index contributed by atoms with van der Waals surface area (Å²) in [4.78, 5) is 86.6. The molecule has 3 fully saturated rings. The van der Waals surface area contributed by atoms with Gasteiger partial charge in [0, 0.05) is 31.7 Å². The molecule has 0 aromatic carbocycles. The molecule has 3 aliphatic rings. The van der Waals surface area contributed by atoms with Gasteiger partial charge in [0.05, 0.1) is 16.6 Å². The Bertz CT molecular complexity index is 3380. The highest BCUT2D eigenvalue weighted by molar-refractivity contribution is 7.17. The molecule has 3 aliphatic heterocycles. The molecule has 3 saturated heterocycles. The third-order valence-electron chi connectivity index (χ3n) is 13.0. The molecule has 73 heavy (non-hydrogen) atoms. The number of aromatic amines is 3. The van der Waals surface area contributed by atoms with Gasteiger partial charge in [-0.15, -0.1) is 34.0 Å². The van der Waals surface area contributed by atoms with Crippen LogP contribution >= 0.6 is 34.0 Å². The van der Waals surface area contributed by atoms with Gasteiger partial charge in [-0.05, 0) is 172 Å². The van der Waals surface area contributed by atoms with Gasteiger partial charge in [-0.3, -0.25) is 29.3 Å². The van der Waals surface area contributed by atoms with Crippen molar-refractivity contribution in [2.45, 2.75) is 64.9 Å². The molecule has 0 radical (unpaired) electrons. The Morgan fingerprint density at radius 1 is 0.589 bits per heavy atom. The minimum atomic E-state index is -0.494. The van der Waals surface area contributed by atoms with Gasteiger partial charge in [0.1, 0.15) is 36.8 Å². The van der Waals surface area contributed by atoms with E-state index >= 15 is 0 Å². The number of hydrogen-bond donors (Lipinski definition) is 5. The lowest BCUT2D eigenvalue weighted by Gasteiger charge is -2.24. The number of aromatic nitrogens is 9. The van der Waals surface area contributed by atoms with Crippen LogP contribution in [0.4, 0.5) is 4.79 Å². The van der Waals surface area contributed by atoms with E-state index in [1.165, 1.54) is 58.0 Å². The SMILES string of the molecule is CC(C)(C)OC(=O)N1CCC(Cc2csc3c(=O)[nH]c(-c4ccccn4)nc23)C1.O=c1[nH]c(-c2ccccn2)nc2c(CC3CCNC3)csc12.O=c1[nH]c(-c2ccccn2)nc2c(CC3CCNC3)csc12. The number of likely N-dealkylation sites (tertiary alicyclic amines) is 1. The van der Waals surface area contributed by atoms with Gasteiger partial charge >= 0.3 is 6.09 Å². The Labute approximate surface area is 432 Å². The van der Waals surface area contributed by atoms with Crippen LogP contribution in [0.15, 0.2) is 104 Å². The van der Waals surface area contributed by atoms with Crippen LogP contribution in [0.25, 0.3) is 65.2 Å². The quantitative estimate of drug-likeness (QED) is 0.0919. The molecule has 1 amide bonds. The van der Waals surface area contributed by atoms with Gasteiger partial charge in [-0.25, -0.2) is 19.7 Å². The zero-order valence-corrected chi connectivity index (χ0v) is 43.2. The van der Waals surface area contributed by atoms with Crippen LogP contribution < -0.4 is 27.3 Å². The van der Waals surface area contributed by atoms with Crippen LogP contribution in [-0.4, -0.2) is 101 Å². The van der Waals surface area contributed by atoms with Crippen molar-refractivity contribution in [3.63, 3.8) is 0 Å². The summed E-state index contributed by atoms with van der Waals surface area (Å²) in [5, 5.41) is 12.9. The number of fused-ring (bicyclic) bond motifs is 3. The molecule has 376 valence electrons. The number of hydrogen-bond acceptors (Lipinski definition) is 16. The van der Waals surface area contributed by atoms with Crippen molar-refractivity contribution in [2.75, 3.05) is 39.3 Å². The predicted molar refractivity (Wildman–Crippen MR) is 289 cm³/mol. The molecular formula is C53H56N12O5S3. The first-order chi connectivity index (χ1) is 35.4. The number of nitrogens with zero attached hydrogens (tertiary/aromatic N) is 7. The average Bonchev–Trinajstić information content (AvgIpc) is 4.28. The molecule has 20 heteroatoms. The maximum Gasteiger partial charge on any atom is 0.410 e. The van der Waals surface area contributed by atoms with Crippen molar-refractivity contribution >= 4 is 70.8 Å². The second-order valence-corrected chi connectivity index (χ2v) is 22.3. The fraction of sp³-hybridized carbons (Fsp3) is 0.358.